The second-order valence-corrected chi connectivity index (χ2v) is 10.3. The van der Waals surface area contributed by atoms with Gasteiger partial charge in [0.2, 0.25) is 11.8 Å². The van der Waals surface area contributed by atoms with Crippen LogP contribution in [0.15, 0.2) is 48.5 Å². The number of halogens is 1. The van der Waals surface area contributed by atoms with Crippen LogP contribution < -0.4 is 16.0 Å². The molecule has 2 aromatic carbocycles. The monoisotopic (exact) mass is 493 g/mol. The van der Waals surface area contributed by atoms with E-state index < -0.39 is 17.4 Å². The number of amides is 3. The molecule has 1 aliphatic carbocycles. The molecule has 4 rings (SSSR count). The summed E-state index contributed by atoms with van der Waals surface area (Å²) in [4.78, 5) is 38.1. The molecule has 1 heterocycles. The molecule has 1 aliphatic rings. The SMILES string of the molecule is CC(C)(C)[C@H](NC(=O)c1nn(Cc2ccc(F)cc2)c2ccccc12)C(=O)NCCNC(=O)C1CC1. The molecule has 0 spiro atoms. The van der Waals surface area contributed by atoms with Gasteiger partial charge in [-0.05, 0) is 42.0 Å². The summed E-state index contributed by atoms with van der Waals surface area (Å²) in [5.74, 6) is -0.971. The average molecular weight is 494 g/mol. The highest BCUT2D eigenvalue weighted by Crippen LogP contribution is 2.28. The van der Waals surface area contributed by atoms with Crippen molar-refractivity contribution in [2.45, 2.75) is 46.2 Å². The Bertz CT molecular complexity index is 1260. The van der Waals surface area contributed by atoms with Crippen LogP contribution in [0.1, 0.15) is 49.7 Å². The van der Waals surface area contributed by atoms with E-state index in [1.165, 1.54) is 12.1 Å². The fourth-order valence-corrected chi connectivity index (χ4v) is 4.02. The highest BCUT2D eigenvalue weighted by molar-refractivity contribution is 6.06. The van der Waals surface area contributed by atoms with Crippen LogP contribution >= 0.6 is 0 Å². The maximum absolute atomic E-state index is 13.4. The zero-order valence-electron chi connectivity index (χ0n) is 20.8. The molecule has 0 saturated heterocycles. The van der Waals surface area contributed by atoms with Gasteiger partial charge < -0.3 is 16.0 Å². The van der Waals surface area contributed by atoms with Gasteiger partial charge in [-0.3, -0.25) is 19.1 Å². The molecule has 1 saturated carbocycles. The summed E-state index contributed by atoms with van der Waals surface area (Å²) < 4.78 is 15.0. The van der Waals surface area contributed by atoms with E-state index >= 15 is 0 Å². The first kappa shape index (κ1) is 25.3. The first-order valence-corrected chi connectivity index (χ1v) is 12.2. The average Bonchev–Trinajstić information content (AvgIpc) is 3.63. The van der Waals surface area contributed by atoms with Crippen LogP contribution in [-0.4, -0.2) is 46.6 Å². The van der Waals surface area contributed by atoms with Crippen molar-refractivity contribution < 1.29 is 18.8 Å². The largest absolute Gasteiger partial charge is 0.354 e. The molecule has 0 unspecified atom stereocenters. The minimum atomic E-state index is -0.815. The van der Waals surface area contributed by atoms with Gasteiger partial charge in [-0.1, -0.05) is 51.1 Å². The lowest BCUT2D eigenvalue weighted by Crippen LogP contribution is -2.54. The molecule has 36 heavy (non-hydrogen) atoms. The summed E-state index contributed by atoms with van der Waals surface area (Å²) in [5.41, 5.74) is 1.25. The van der Waals surface area contributed by atoms with Gasteiger partial charge >= 0.3 is 0 Å². The third-order valence-electron chi connectivity index (χ3n) is 6.19. The number of carbonyl (C=O) groups excluding carboxylic acids is 3. The molecule has 1 atom stereocenters. The molecule has 3 N–H and O–H groups in total. The van der Waals surface area contributed by atoms with E-state index in [1.54, 1.807) is 16.8 Å². The molecular weight excluding hydrogens is 461 g/mol. The van der Waals surface area contributed by atoms with Gasteiger partial charge in [0.1, 0.15) is 11.9 Å². The van der Waals surface area contributed by atoms with E-state index in [-0.39, 0.29) is 35.8 Å². The van der Waals surface area contributed by atoms with Gasteiger partial charge in [0, 0.05) is 24.4 Å². The van der Waals surface area contributed by atoms with E-state index in [0.29, 0.717) is 18.5 Å². The predicted octanol–water partition coefficient (Wildman–Crippen LogP) is 3.01. The van der Waals surface area contributed by atoms with Gasteiger partial charge in [-0.2, -0.15) is 5.10 Å². The maximum atomic E-state index is 13.4. The van der Waals surface area contributed by atoms with Crippen molar-refractivity contribution in [3.05, 3.63) is 65.6 Å². The summed E-state index contributed by atoms with van der Waals surface area (Å²) in [7, 11) is 0. The van der Waals surface area contributed by atoms with E-state index in [9.17, 15) is 18.8 Å². The summed E-state index contributed by atoms with van der Waals surface area (Å²) in [6, 6.07) is 12.7. The van der Waals surface area contributed by atoms with Crippen molar-refractivity contribution in [2.24, 2.45) is 11.3 Å². The fraction of sp³-hybridized carbons (Fsp3) is 0.407. The van der Waals surface area contributed by atoms with Crippen LogP contribution in [0.4, 0.5) is 4.39 Å². The molecular formula is C27H32FN5O3. The van der Waals surface area contributed by atoms with E-state index in [0.717, 1.165) is 23.9 Å². The van der Waals surface area contributed by atoms with Crippen molar-refractivity contribution >= 4 is 28.6 Å². The van der Waals surface area contributed by atoms with Crippen LogP contribution in [0.25, 0.3) is 10.9 Å². The maximum Gasteiger partial charge on any atom is 0.273 e. The normalized spacial score (nSPS) is 14.3. The van der Waals surface area contributed by atoms with Crippen LogP contribution in [0.3, 0.4) is 0 Å². The van der Waals surface area contributed by atoms with Crippen LogP contribution in [0, 0.1) is 17.2 Å². The molecule has 0 bridgehead atoms. The molecule has 3 aromatic rings. The van der Waals surface area contributed by atoms with Crippen LogP contribution in [-0.2, 0) is 16.1 Å². The lowest BCUT2D eigenvalue weighted by Gasteiger charge is -2.30. The number of benzene rings is 2. The third-order valence-corrected chi connectivity index (χ3v) is 6.19. The van der Waals surface area contributed by atoms with Crippen molar-refractivity contribution in [3.8, 4) is 0 Å². The highest BCUT2D eigenvalue weighted by Gasteiger charge is 2.34. The number of nitrogens with zero attached hydrogens (tertiary/aromatic N) is 2. The van der Waals surface area contributed by atoms with Gasteiger partial charge in [-0.15, -0.1) is 0 Å². The Labute approximate surface area is 209 Å². The van der Waals surface area contributed by atoms with Crippen molar-refractivity contribution in [1.29, 1.82) is 0 Å². The van der Waals surface area contributed by atoms with Gasteiger partial charge in [-0.25, -0.2) is 4.39 Å². The van der Waals surface area contributed by atoms with Gasteiger partial charge in [0.15, 0.2) is 5.69 Å². The smallest absolute Gasteiger partial charge is 0.273 e. The first-order valence-electron chi connectivity index (χ1n) is 12.2. The summed E-state index contributed by atoms with van der Waals surface area (Å²) in [5, 5.41) is 13.7. The molecule has 0 aliphatic heterocycles. The minimum Gasteiger partial charge on any atom is -0.354 e. The molecule has 1 fully saturated rings. The second kappa shape index (κ2) is 10.5. The number of aromatic nitrogens is 2. The lowest BCUT2D eigenvalue weighted by molar-refractivity contribution is -0.126. The molecule has 1 aromatic heterocycles. The van der Waals surface area contributed by atoms with Crippen molar-refractivity contribution in [2.75, 3.05) is 13.1 Å². The topological polar surface area (TPSA) is 105 Å². The van der Waals surface area contributed by atoms with Crippen molar-refractivity contribution in [1.82, 2.24) is 25.7 Å². The number of para-hydroxylation sites is 1. The summed E-state index contributed by atoms with van der Waals surface area (Å²) >= 11 is 0. The Kier molecular flexibility index (Phi) is 7.37. The zero-order valence-corrected chi connectivity index (χ0v) is 20.8. The van der Waals surface area contributed by atoms with Crippen molar-refractivity contribution in [3.63, 3.8) is 0 Å². The van der Waals surface area contributed by atoms with Gasteiger partial charge in [0.25, 0.3) is 5.91 Å². The third kappa shape index (κ3) is 6.08. The van der Waals surface area contributed by atoms with Gasteiger partial charge in [0.05, 0.1) is 12.1 Å². The second-order valence-electron chi connectivity index (χ2n) is 10.3. The summed E-state index contributed by atoms with van der Waals surface area (Å²) in [6.45, 7) is 6.59. The van der Waals surface area contributed by atoms with Crippen LogP contribution in [0.5, 0.6) is 0 Å². The van der Waals surface area contributed by atoms with E-state index in [1.807, 2.05) is 45.0 Å². The van der Waals surface area contributed by atoms with Crippen LogP contribution in [0.2, 0.25) is 0 Å². The standard InChI is InChI=1S/C27H32FN5O3/c1-27(2,3)23(26(36)30-15-14-29-24(34)18-10-11-18)31-25(35)22-20-6-4-5-7-21(20)33(32-22)16-17-8-12-19(28)13-9-17/h4-9,12-13,18,23H,10-11,14-16H2,1-3H3,(H,29,34)(H,30,36)(H,31,35)/t23-/m1/s1. The van der Waals surface area contributed by atoms with E-state index in [2.05, 4.69) is 21.0 Å². The van der Waals surface area contributed by atoms with E-state index in [4.69, 9.17) is 0 Å². The number of rotatable bonds is 9. The minimum absolute atomic E-state index is 0.0213. The number of carbonyl (C=O) groups is 3. The lowest BCUT2D eigenvalue weighted by atomic mass is 9.86. The Hall–Kier alpha value is -3.75. The highest BCUT2D eigenvalue weighted by atomic mass is 19.1. The molecule has 3 amide bonds. The Morgan fingerprint density at radius 3 is 2.36 bits per heavy atom. The quantitative estimate of drug-likeness (QED) is 0.399. The Morgan fingerprint density at radius 2 is 1.69 bits per heavy atom. The first-order chi connectivity index (χ1) is 17.1. The molecule has 8 nitrogen and oxygen atoms in total. The number of hydrogen-bond donors (Lipinski definition) is 3. The molecule has 9 heteroatoms. The Balaban J connectivity index is 1.47. The number of nitrogens with one attached hydrogen (secondary N) is 3. The number of fused-ring (bicyclic) bond motifs is 1. The zero-order chi connectivity index (χ0) is 25.9. The fourth-order valence-electron chi connectivity index (χ4n) is 4.02. The summed E-state index contributed by atoms with van der Waals surface area (Å²) in [6.07, 6.45) is 1.84. The Morgan fingerprint density at radius 1 is 1.03 bits per heavy atom. The molecule has 0 radical (unpaired) electrons. The predicted molar refractivity (Wildman–Crippen MR) is 135 cm³/mol. The number of hydrogen-bond acceptors (Lipinski definition) is 4. The molecule has 190 valence electrons.